The number of ketones is 1. The molecule has 2 amide bonds. The summed E-state index contributed by atoms with van der Waals surface area (Å²) in [5.74, 6) is -2.23. The Kier molecular flexibility index (Phi) is 7.71. The molecule has 1 atom stereocenters. The number of amides is 2. The lowest BCUT2D eigenvalue weighted by atomic mass is 10.0. The summed E-state index contributed by atoms with van der Waals surface area (Å²) < 4.78 is 0. The molecule has 1 aromatic rings. The average molecular weight is 360 g/mol. The number of carboxylic acids is 1. The zero-order chi connectivity index (χ0) is 19.9. The minimum absolute atomic E-state index is 0.0790. The van der Waals surface area contributed by atoms with E-state index in [0.29, 0.717) is 17.7 Å². The van der Waals surface area contributed by atoms with E-state index in [9.17, 15) is 19.2 Å². The molecule has 140 valence electrons. The number of benzene rings is 1. The summed E-state index contributed by atoms with van der Waals surface area (Å²) >= 11 is 0. The van der Waals surface area contributed by atoms with Gasteiger partial charge in [0.15, 0.2) is 5.78 Å². The van der Waals surface area contributed by atoms with Gasteiger partial charge in [0.05, 0.1) is 0 Å². The number of Topliss-reactive ketones (excluding diaryl/α,β-unsaturated/α-hetero) is 1. The molecule has 1 aromatic carbocycles. The highest BCUT2D eigenvalue weighted by molar-refractivity contribution is 6.06. The van der Waals surface area contributed by atoms with Crippen molar-refractivity contribution in [3.8, 4) is 0 Å². The summed E-state index contributed by atoms with van der Waals surface area (Å²) in [6, 6.07) is 5.34. The monoisotopic (exact) mass is 360 g/mol. The van der Waals surface area contributed by atoms with E-state index in [1.165, 1.54) is 13.8 Å². The Morgan fingerprint density at radius 2 is 1.65 bits per heavy atom. The first-order valence-corrected chi connectivity index (χ1v) is 8.24. The minimum atomic E-state index is -1.12. The van der Waals surface area contributed by atoms with Crippen LogP contribution in [0.1, 0.15) is 44.5 Å². The van der Waals surface area contributed by atoms with E-state index in [-0.39, 0.29) is 17.3 Å². The third kappa shape index (κ3) is 6.88. The number of carboxylic acid groups (broad SMARTS) is 1. The molecular formula is C19H24N2O5. The Bertz CT molecular complexity index is 720. The van der Waals surface area contributed by atoms with Gasteiger partial charge in [-0.25, -0.2) is 4.79 Å². The lowest BCUT2D eigenvalue weighted by Gasteiger charge is -2.16. The highest BCUT2D eigenvalue weighted by Gasteiger charge is 2.21. The quantitative estimate of drug-likeness (QED) is 0.487. The summed E-state index contributed by atoms with van der Waals surface area (Å²) in [5.41, 5.74) is 1.10. The zero-order valence-corrected chi connectivity index (χ0v) is 15.3. The Morgan fingerprint density at radius 3 is 2.12 bits per heavy atom. The predicted molar refractivity (Wildman–Crippen MR) is 97.9 cm³/mol. The van der Waals surface area contributed by atoms with Crippen LogP contribution in [0.25, 0.3) is 0 Å². The standard InChI is InChI=1S/C19H24N2O5/c1-11(2)9-16(19(25)26)21-18(24)12(3)10-17(23)20-15-7-5-14(6-8-15)13(4)22/h5-8,10-11,16H,9H2,1-4H3,(H,20,23)(H,21,24)(H,25,26)/b12-10+. The summed E-state index contributed by atoms with van der Waals surface area (Å²) in [4.78, 5) is 46.5. The molecule has 1 unspecified atom stereocenters. The van der Waals surface area contributed by atoms with Crippen molar-refractivity contribution in [2.75, 3.05) is 5.32 Å². The molecule has 26 heavy (non-hydrogen) atoms. The number of aliphatic carboxylic acids is 1. The third-order valence-corrected chi connectivity index (χ3v) is 3.58. The van der Waals surface area contributed by atoms with Gasteiger partial charge >= 0.3 is 5.97 Å². The number of carbonyl (C=O) groups excluding carboxylic acids is 3. The topological polar surface area (TPSA) is 113 Å². The predicted octanol–water partition coefficient (Wildman–Crippen LogP) is 2.39. The highest BCUT2D eigenvalue weighted by Crippen LogP contribution is 2.11. The second-order valence-corrected chi connectivity index (χ2v) is 6.44. The molecule has 0 aliphatic rings. The highest BCUT2D eigenvalue weighted by atomic mass is 16.4. The van der Waals surface area contributed by atoms with Crippen LogP contribution in [0.4, 0.5) is 5.69 Å². The molecule has 3 N–H and O–H groups in total. The molecular weight excluding hydrogens is 336 g/mol. The van der Waals surface area contributed by atoms with Gasteiger partial charge in [0.2, 0.25) is 11.8 Å². The summed E-state index contributed by atoms with van der Waals surface area (Å²) in [6.07, 6.45) is 1.39. The largest absolute Gasteiger partial charge is 0.480 e. The van der Waals surface area contributed by atoms with Crippen molar-refractivity contribution in [3.63, 3.8) is 0 Å². The fraction of sp³-hybridized carbons (Fsp3) is 0.368. The lowest BCUT2D eigenvalue weighted by Crippen LogP contribution is -2.42. The maximum Gasteiger partial charge on any atom is 0.326 e. The second-order valence-electron chi connectivity index (χ2n) is 6.44. The number of rotatable bonds is 8. The van der Waals surface area contributed by atoms with Crippen LogP contribution in [0.2, 0.25) is 0 Å². The normalized spacial score (nSPS) is 12.4. The van der Waals surface area contributed by atoms with Crippen molar-refractivity contribution in [2.24, 2.45) is 5.92 Å². The van der Waals surface area contributed by atoms with Gasteiger partial charge in [0.1, 0.15) is 6.04 Å². The molecule has 0 aliphatic carbocycles. The molecule has 0 fully saturated rings. The van der Waals surface area contributed by atoms with Gasteiger partial charge in [-0.3, -0.25) is 14.4 Å². The van der Waals surface area contributed by atoms with E-state index in [1.54, 1.807) is 24.3 Å². The fourth-order valence-corrected chi connectivity index (χ4v) is 2.19. The van der Waals surface area contributed by atoms with Crippen LogP contribution in [0.5, 0.6) is 0 Å². The van der Waals surface area contributed by atoms with E-state index in [0.717, 1.165) is 6.08 Å². The number of anilines is 1. The molecule has 0 saturated heterocycles. The summed E-state index contributed by atoms with van der Waals surface area (Å²) in [6.45, 7) is 6.59. The first-order chi connectivity index (χ1) is 12.1. The van der Waals surface area contributed by atoms with Crippen molar-refractivity contribution in [1.29, 1.82) is 0 Å². The fourth-order valence-electron chi connectivity index (χ4n) is 2.19. The smallest absolute Gasteiger partial charge is 0.326 e. The van der Waals surface area contributed by atoms with Gasteiger partial charge in [-0.1, -0.05) is 13.8 Å². The van der Waals surface area contributed by atoms with Gasteiger partial charge in [-0.15, -0.1) is 0 Å². The molecule has 0 saturated carbocycles. The van der Waals surface area contributed by atoms with Crippen LogP contribution in [-0.4, -0.2) is 34.7 Å². The third-order valence-electron chi connectivity index (χ3n) is 3.58. The number of nitrogens with one attached hydrogen (secondary N) is 2. The molecule has 0 spiro atoms. The first-order valence-electron chi connectivity index (χ1n) is 8.24. The maximum atomic E-state index is 12.1. The molecule has 0 aliphatic heterocycles. The van der Waals surface area contributed by atoms with Crippen LogP contribution >= 0.6 is 0 Å². The van der Waals surface area contributed by atoms with Crippen molar-refractivity contribution >= 4 is 29.3 Å². The lowest BCUT2D eigenvalue weighted by molar-refractivity contribution is -0.141. The minimum Gasteiger partial charge on any atom is -0.480 e. The van der Waals surface area contributed by atoms with Gasteiger partial charge in [0.25, 0.3) is 0 Å². The van der Waals surface area contributed by atoms with Crippen molar-refractivity contribution in [2.45, 2.75) is 40.2 Å². The van der Waals surface area contributed by atoms with Gasteiger partial charge in [0, 0.05) is 22.9 Å². The van der Waals surface area contributed by atoms with Gasteiger partial charge in [-0.05, 0) is 50.5 Å². The van der Waals surface area contributed by atoms with Crippen molar-refractivity contribution < 1.29 is 24.3 Å². The van der Waals surface area contributed by atoms with Crippen LogP contribution in [0.3, 0.4) is 0 Å². The Hall–Kier alpha value is -2.96. The Morgan fingerprint density at radius 1 is 1.08 bits per heavy atom. The van der Waals surface area contributed by atoms with E-state index in [1.807, 2.05) is 13.8 Å². The van der Waals surface area contributed by atoms with Crippen LogP contribution in [0.15, 0.2) is 35.9 Å². The number of carbonyl (C=O) groups is 4. The van der Waals surface area contributed by atoms with Gasteiger partial charge in [-0.2, -0.15) is 0 Å². The Labute approximate surface area is 152 Å². The second kappa shape index (κ2) is 9.50. The van der Waals surface area contributed by atoms with Gasteiger partial charge < -0.3 is 15.7 Å². The molecule has 0 radical (unpaired) electrons. The Balaban J connectivity index is 2.72. The molecule has 1 rings (SSSR count). The number of hydrogen-bond donors (Lipinski definition) is 3. The van der Waals surface area contributed by atoms with E-state index in [4.69, 9.17) is 5.11 Å². The molecule has 7 nitrogen and oxygen atoms in total. The van der Waals surface area contributed by atoms with E-state index in [2.05, 4.69) is 10.6 Å². The summed E-state index contributed by atoms with van der Waals surface area (Å²) in [7, 11) is 0. The van der Waals surface area contributed by atoms with E-state index < -0.39 is 23.8 Å². The van der Waals surface area contributed by atoms with Crippen LogP contribution in [0, 0.1) is 5.92 Å². The zero-order valence-electron chi connectivity index (χ0n) is 15.3. The van der Waals surface area contributed by atoms with Crippen molar-refractivity contribution in [1.82, 2.24) is 5.32 Å². The molecule has 7 heteroatoms. The summed E-state index contributed by atoms with van der Waals surface area (Å²) in [5, 5.41) is 14.1. The van der Waals surface area contributed by atoms with Crippen molar-refractivity contribution in [3.05, 3.63) is 41.5 Å². The van der Waals surface area contributed by atoms with Crippen LogP contribution in [-0.2, 0) is 14.4 Å². The molecule has 0 aromatic heterocycles. The maximum absolute atomic E-state index is 12.1. The average Bonchev–Trinajstić information content (AvgIpc) is 2.53. The van der Waals surface area contributed by atoms with E-state index >= 15 is 0 Å². The first kappa shape index (κ1) is 21.1. The SMILES string of the molecule is CC(=O)c1ccc(NC(=O)/C=C(\C)C(=O)NC(CC(C)C)C(=O)O)cc1. The molecule has 0 heterocycles. The molecule has 0 bridgehead atoms. The number of hydrogen-bond acceptors (Lipinski definition) is 4. The van der Waals surface area contributed by atoms with Crippen LogP contribution < -0.4 is 10.6 Å².